The smallest absolute Gasteiger partial charge is 0.409 e. The predicted molar refractivity (Wildman–Crippen MR) is 63.8 cm³/mol. The van der Waals surface area contributed by atoms with E-state index in [9.17, 15) is 9.90 Å². The fourth-order valence-corrected chi connectivity index (χ4v) is 2.44. The highest BCUT2D eigenvalue weighted by atomic mass is 16.5. The number of rotatable bonds is 4. The normalized spacial score (nSPS) is 24.1. The van der Waals surface area contributed by atoms with Crippen LogP contribution in [0.4, 0.5) is 4.79 Å². The van der Waals surface area contributed by atoms with Crippen LogP contribution in [0.15, 0.2) is 0 Å². The minimum Gasteiger partial charge on any atom is -0.465 e. The van der Waals surface area contributed by atoms with E-state index < -0.39 is 11.8 Å². The average molecular weight is 245 g/mol. The first-order chi connectivity index (χ1) is 7.72. The molecule has 0 saturated carbocycles. The molecule has 0 unspecified atom stereocenters. The molecule has 100 valence electrons. The zero-order chi connectivity index (χ0) is 13.3. The summed E-state index contributed by atoms with van der Waals surface area (Å²) in [6.45, 7) is 8.12. The standard InChI is InChI=1S/C12H23NO4/c1-11(2,6-5-7-14)9-8-17-12(3,4)13(9)10(15)16/h9,14H,5-8H2,1-4H3,(H,15,16)/t9-/m1/s1. The number of aliphatic hydroxyl groups excluding tert-OH is 1. The van der Waals surface area contributed by atoms with Crippen molar-refractivity contribution in [2.24, 2.45) is 5.41 Å². The Bertz CT molecular complexity index is 288. The van der Waals surface area contributed by atoms with Gasteiger partial charge < -0.3 is 14.9 Å². The molecule has 0 aromatic heterocycles. The van der Waals surface area contributed by atoms with Crippen LogP contribution in [0.25, 0.3) is 0 Å². The summed E-state index contributed by atoms with van der Waals surface area (Å²) in [5.74, 6) is 0. The number of aliphatic hydroxyl groups is 1. The van der Waals surface area contributed by atoms with E-state index in [4.69, 9.17) is 9.84 Å². The monoisotopic (exact) mass is 245 g/mol. The van der Waals surface area contributed by atoms with Gasteiger partial charge in [-0.2, -0.15) is 0 Å². The highest BCUT2D eigenvalue weighted by Gasteiger charge is 2.49. The van der Waals surface area contributed by atoms with Gasteiger partial charge in [0.05, 0.1) is 12.6 Å². The minimum absolute atomic E-state index is 0.132. The van der Waals surface area contributed by atoms with Gasteiger partial charge in [0.1, 0.15) is 5.72 Å². The molecular weight excluding hydrogens is 222 g/mol. The Labute approximate surface area is 102 Å². The lowest BCUT2D eigenvalue weighted by molar-refractivity contribution is -0.0461. The topological polar surface area (TPSA) is 70.0 Å². The van der Waals surface area contributed by atoms with Crippen LogP contribution in [0.2, 0.25) is 0 Å². The summed E-state index contributed by atoms with van der Waals surface area (Å²) < 4.78 is 5.58. The largest absolute Gasteiger partial charge is 0.465 e. The summed E-state index contributed by atoms with van der Waals surface area (Å²) >= 11 is 0. The van der Waals surface area contributed by atoms with E-state index in [0.717, 1.165) is 6.42 Å². The Morgan fingerprint density at radius 3 is 2.59 bits per heavy atom. The fraction of sp³-hybridized carbons (Fsp3) is 0.917. The zero-order valence-electron chi connectivity index (χ0n) is 11.1. The lowest BCUT2D eigenvalue weighted by Crippen LogP contribution is -2.52. The van der Waals surface area contributed by atoms with Crippen LogP contribution in [0, 0.1) is 5.41 Å². The third kappa shape index (κ3) is 2.90. The Morgan fingerprint density at radius 1 is 1.53 bits per heavy atom. The highest BCUT2D eigenvalue weighted by molar-refractivity contribution is 5.66. The fourth-order valence-electron chi connectivity index (χ4n) is 2.44. The SMILES string of the molecule is CC(C)(CCCO)[C@H]1COC(C)(C)N1C(=O)O. The Balaban J connectivity index is 2.86. The zero-order valence-corrected chi connectivity index (χ0v) is 11.1. The maximum Gasteiger partial charge on any atom is 0.409 e. The van der Waals surface area contributed by atoms with Gasteiger partial charge in [-0.3, -0.25) is 4.90 Å². The number of hydrogen-bond donors (Lipinski definition) is 2. The summed E-state index contributed by atoms with van der Waals surface area (Å²) in [6, 6.07) is -0.165. The molecule has 0 aliphatic carbocycles. The molecule has 0 spiro atoms. The van der Waals surface area contributed by atoms with Crippen molar-refractivity contribution in [1.29, 1.82) is 0 Å². The summed E-state index contributed by atoms with van der Waals surface area (Å²) in [7, 11) is 0. The second kappa shape index (κ2) is 4.82. The lowest BCUT2D eigenvalue weighted by atomic mass is 9.80. The number of nitrogens with zero attached hydrogens (tertiary/aromatic N) is 1. The van der Waals surface area contributed by atoms with Crippen LogP contribution in [-0.4, -0.2) is 46.2 Å². The number of carboxylic acid groups (broad SMARTS) is 1. The molecule has 1 fully saturated rings. The maximum absolute atomic E-state index is 11.3. The van der Waals surface area contributed by atoms with Crippen molar-refractivity contribution in [1.82, 2.24) is 4.90 Å². The van der Waals surface area contributed by atoms with E-state index >= 15 is 0 Å². The van der Waals surface area contributed by atoms with Crippen molar-refractivity contribution < 1.29 is 19.7 Å². The van der Waals surface area contributed by atoms with Gasteiger partial charge in [-0.05, 0) is 32.1 Å². The molecule has 1 amide bonds. The van der Waals surface area contributed by atoms with Gasteiger partial charge in [-0.25, -0.2) is 4.79 Å². The molecule has 1 aliphatic heterocycles. The summed E-state index contributed by atoms with van der Waals surface area (Å²) in [4.78, 5) is 12.7. The van der Waals surface area contributed by atoms with Crippen LogP contribution in [0.5, 0.6) is 0 Å². The van der Waals surface area contributed by atoms with E-state index in [0.29, 0.717) is 13.0 Å². The van der Waals surface area contributed by atoms with Crippen molar-refractivity contribution >= 4 is 6.09 Å². The molecule has 1 heterocycles. The molecule has 1 atom stereocenters. The van der Waals surface area contributed by atoms with Crippen molar-refractivity contribution in [2.75, 3.05) is 13.2 Å². The minimum atomic E-state index is -0.949. The first kappa shape index (κ1) is 14.3. The predicted octanol–water partition coefficient (Wildman–Crippen LogP) is 1.90. The van der Waals surface area contributed by atoms with Gasteiger partial charge in [0.15, 0.2) is 0 Å². The second-order valence-electron chi connectivity index (χ2n) is 5.74. The Kier molecular flexibility index (Phi) is 4.04. The van der Waals surface area contributed by atoms with Crippen molar-refractivity contribution in [2.45, 2.75) is 52.3 Å². The molecule has 2 N–H and O–H groups in total. The van der Waals surface area contributed by atoms with Crippen molar-refractivity contribution in [3.8, 4) is 0 Å². The quantitative estimate of drug-likeness (QED) is 0.793. The third-order valence-corrected chi connectivity index (χ3v) is 3.57. The van der Waals surface area contributed by atoms with E-state index in [1.165, 1.54) is 4.90 Å². The molecule has 17 heavy (non-hydrogen) atoms. The van der Waals surface area contributed by atoms with Crippen molar-refractivity contribution in [3.63, 3.8) is 0 Å². The summed E-state index contributed by atoms with van der Waals surface area (Å²) in [5.41, 5.74) is -0.970. The third-order valence-electron chi connectivity index (χ3n) is 3.57. The van der Waals surface area contributed by atoms with E-state index in [1.54, 1.807) is 13.8 Å². The van der Waals surface area contributed by atoms with Crippen LogP contribution < -0.4 is 0 Å². The van der Waals surface area contributed by atoms with E-state index in [-0.39, 0.29) is 18.1 Å². The second-order valence-corrected chi connectivity index (χ2v) is 5.74. The van der Waals surface area contributed by atoms with Gasteiger partial charge in [0.25, 0.3) is 0 Å². The average Bonchev–Trinajstić information content (AvgIpc) is 2.51. The van der Waals surface area contributed by atoms with Gasteiger partial charge >= 0.3 is 6.09 Å². The number of ether oxygens (including phenoxy) is 1. The first-order valence-corrected chi connectivity index (χ1v) is 5.99. The molecule has 0 bridgehead atoms. The Hall–Kier alpha value is -0.810. The lowest BCUT2D eigenvalue weighted by Gasteiger charge is -2.39. The maximum atomic E-state index is 11.3. The molecule has 5 nitrogen and oxygen atoms in total. The molecule has 1 aliphatic rings. The molecule has 0 aromatic rings. The van der Waals surface area contributed by atoms with E-state index in [2.05, 4.69) is 0 Å². The number of hydrogen-bond acceptors (Lipinski definition) is 3. The highest BCUT2D eigenvalue weighted by Crippen LogP contribution is 2.39. The first-order valence-electron chi connectivity index (χ1n) is 5.99. The van der Waals surface area contributed by atoms with Gasteiger partial charge in [0.2, 0.25) is 0 Å². The molecule has 1 saturated heterocycles. The molecule has 5 heteroatoms. The molecular formula is C12H23NO4. The summed E-state index contributed by atoms with van der Waals surface area (Å²) in [6.07, 6.45) is 0.504. The summed E-state index contributed by atoms with van der Waals surface area (Å²) in [5, 5.41) is 18.2. The van der Waals surface area contributed by atoms with Crippen LogP contribution in [-0.2, 0) is 4.74 Å². The molecule has 1 rings (SSSR count). The number of carbonyl (C=O) groups is 1. The number of amides is 1. The van der Waals surface area contributed by atoms with Crippen molar-refractivity contribution in [3.05, 3.63) is 0 Å². The van der Waals surface area contributed by atoms with E-state index in [1.807, 2.05) is 13.8 Å². The van der Waals surface area contributed by atoms with Gasteiger partial charge in [-0.15, -0.1) is 0 Å². The Morgan fingerprint density at radius 2 is 2.12 bits per heavy atom. The van der Waals surface area contributed by atoms with Crippen LogP contribution in [0.3, 0.4) is 0 Å². The van der Waals surface area contributed by atoms with Crippen LogP contribution in [0.1, 0.15) is 40.5 Å². The molecule has 0 aromatic carbocycles. The molecule has 0 radical (unpaired) electrons. The van der Waals surface area contributed by atoms with Gasteiger partial charge in [-0.1, -0.05) is 13.8 Å². The van der Waals surface area contributed by atoms with Crippen LogP contribution >= 0.6 is 0 Å². The van der Waals surface area contributed by atoms with Gasteiger partial charge in [0, 0.05) is 6.61 Å².